The number of carbonyl (C=O) groups is 2. The first-order valence-corrected chi connectivity index (χ1v) is 5.86. The van der Waals surface area contributed by atoms with Gasteiger partial charge in [-0.2, -0.15) is 0 Å². The van der Waals surface area contributed by atoms with Gasteiger partial charge < -0.3 is 41.2 Å². The molecule has 0 aromatic heterocycles. The normalized spacial score (nSPS) is 18.2. The van der Waals surface area contributed by atoms with Crippen LogP contribution < -0.4 is 5.73 Å². The Balaban J connectivity index is 0. The van der Waals surface area contributed by atoms with E-state index in [2.05, 4.69) is 0 Å². The number of nitrogens with two attached hydrogens (primary N) is 1. The minimum atomic E-state index is -1.79. The van der Waals surface area contributed by atoms with Gasteiger partial charge in [-0.05, 0) is 5.92 Å². The molecule has 0 heterocycles. The highest BCUT2D eigenvalue weighted by atomic mass is 16.4. The standard InChI is InChI=1S/C6H12O6.C5H11NO2/c7-1-3(9)5(11)6(12)4(10)2-8;1-3(2)4(6)5(7)8/h1,3-6,8-12H,2H2;3-4H,6H2,1-2H3,(H,7,8)/t3-,4+,5+,6+;4-/m00/s1. The molecule has 9 heteroatoms. The van der Waals surface area contributed by atoms with Crippen LogP contribution in [-0.4, -0.2) is 80.0 Å². The molecule has 9 nitrogen and oxygen atoms in total. The lowest BCUT2D eigenvalue weighted by Gasteiger charge is -2.22. The van der Waals surface area contributed by atoms with Crippen molar-refractivity contribution in [2.75, 3.05) is 6.61 Å². The topological polar surface area (TPSA) is 182 Å². The fourth-order valence-corrected chi connectivity index (χ4v) is 0.903. The Hall–Kier alpha value is -1.10. The lowest BCUT2D eigenvalue weighted by molar-refractivity contribution is -0.139. The number of aliphatic hydroxyl groups excluding tert-OH is 5. The van der Waals surface area contributed by atoms with Crippen molar-refractivity contribution in [3.8, 4) is 0 Å². The molecule has 0 rings (SSSR count). The molecule has 0 aromatic carbocycles. The van der Waals surface area contributed by atoms with E-state index in [9.17, 15) is 9.59 Å². The summed E-state index contributed by atoms with van der Waals surface area (Å²) in [5, 5.41) is 51.8. The van der Waals surface area contributed by atoms with E-state index in [0.29, 0.717) is 0 Å². The van der Waals surface area contributed by atoms with Crippen LogP contribution in [0.5, 0.6) is 0 Å². The van der Waals surface area contributed by atoms with Crippen molar-refractivity contribution in [3.05, 3.63) is 0 Å². The third-order valence-electron chi connectivity index (χ3n) is 2.42. The summed E-state index contributed by atoms with van der Waals surface area (Å²) >= 11 is 0. The molecule has 0 aromatic rings. The van der Waals surface area contributed by atoms with Gasteiger partial charge in [0.05, 0.1) is 6.61 Å². The van der Waals surface area contributed by atoms with Crippen LogP contribution >= 0.6 is 0 Å². The maximum Gasteiger partial charge on any atom is 0.320 e. The second kappa shape index (κ2) is 10.7. The second-order valence-electron chi connectivity index (χ2n) is 4.47. The molecule has 0 unspecified atom stereocenters. The molecule has 5 atom stereocenters. The highest BCUT2D eigenvalue weighted by Gasteiger charge is 2.29. The molecule has 0 amide bonds. The van der Waals surface area contributed by atoms with E-state index in [1.807, 2.05) is 0 Å². The largest absolute Gasteiger partial charge is 0.480 e. The van der Waals surface area contributed by atoms with Crippen LogP contribution in [0.2, 0.25) is 0 Å². The summed E-state index contributed by atoms with van der Waals surface area (Å²) in [6, 6.07) is -0.713. The molecule has 8 N–H and O–H groups in total. The van der Waals surface area contributed by atoms with Crippen LogP contribution in [0, 0.1) is 5.92 Å². The van der Waals surface area contributed by atoms with Gasteiger partial charge in [0, 0.05) is 0 Å². The molecular formula is C11H23NO8. The number of rotatable bonds is 7. The van der Waals surface area contributed by atoms with Crippen LogP contribution in [0.15, 0.2) is 0 Å². The molecule has 20 heavy (non-hydrogen) atoms. The molecule has 0 radical (unpaired) electrons. The Morgan fingerprint density at radius 2 is 1.60 bits per heavy atom. The Bertz CT molecular complexity index is 286. The SMILES string of the molecule is CC(C)[C@H](N)C(=O)O.O=C[C@H](O)[C@@H](O)[C@H](O)[C@H](O)CO. The van der Waals surface area contributed by atoms with Gasteiger partial charge in [-0.15, -0.1) is 0 Å². The zero-order valence-electron chi connectivity index (χ0n) is 11.3. The van der Waals surface area contributed by atoms with Crippen LogP contribution in [0.4, 0.5) is 0 Å². The number of hydrogen-bond donors (Lipinski definition) is 7. The Labute approximate surface area is 116 Å². The maximum atomic E-state index is 10.0. The van der Waals surface area contributed by atoms with Crippen LogP contribution in [0.1, 0.15) is 13.8 Å². The number of carboxylic acid groups (broad SMARTS) is 1. The third-order valence-corrected chi connectivity index (χ3v) is 2.42. The summed E-state index contributed by atoms with van der Waals surface area (Å²) in [6.07, 6.45) is -6.84. The lowest BCUT2D eigenvalue weighted by Crippen LogP contribution is -2.46. The predicted molar refractivity (Wildman–Crippen MR) is 67.6 cm³/mol. The maximum absolute atomic E-state index is 10.0. The second-order valence-corrected chi connectivity index (χ2v) is 4.47. The van der Waals surface area contributed by atoms with Gasteiger partial charge in [0.2, 0.25) is 0 Å². The van der Waals surface area contributed by atoms with Gasteiger partial charge in [0.15, 0.2) is 6.29 Å². The van der Waals surface area contributed by atoms with Gasteiger partial charge in [0.1, 0.15) is 30.5 Å². The molecule has 0 bridgehead atoms. The van der Waals surface area contributed by atoms with Crippen molar-refractivity contribution in [2.24, 2.45) is 11.7 Å². The Morgan fingerprint density at radius 3 is 1.80 bits per heavy atom. The summed E-state index contributed by atoms with van der Waals surface area (Å²) in [4.78, 5) is 19.9. The first-order chi connectivity index (χ1) is 9.09. The van der Waals surface area contributed by atoms with E-state index in [1.54, 1.807) is 13.8 Å². The lowest BCUT2D eigenvalue weighted by atomic mass is 10.0. The van der Waals surface area contributed by atoms with E-state index in [1.165, 1.54) is 0 Å². The van der Waals surface area contributed by atoms with Crippen molar-refractivity contribution in [3.63, 3.8) is 0 Å². The van der Waals surface area contributed by atoms with Gasteiger partial charge >= 0.3 is 5.97 Å². The van der Waals surface area contributed by atoms with Crippen LogP contribution in [0.3, 0.4) is 0 Å². The molecule has 0 aliphatic heterocycles. The average molecular weight is 297 g/mol. The molecule has 0 fully saturated rings. The number of carbonyl (C=O) groups excluding carboxylic acids is 1. The van der Waals surface area contributed by atoms with Gasteiger partial charge in [0.25, 0.3) is 0 Å². The minimum Gasteiger partial charge on any atom is -0.480 e. The molecule has 0 aliphatic rings. The number of hydrogen-bond acceptors (Lipinski definition) is 8. The summed E-state index contributed by atoms with van der Waals surface area (Å²) in [5.74, 6) is -0.910. The van der Waals surface area contributed by atoms with Gasteiger partial charge in [-0.3, -0.25) is 4.79 Å². The zero-order chi connectivity index (χ0) is 16.5. The third kappa shape index (κ3) is 8.15. The Morgan fingerprint density at radius 1 is 1.15 bits per heavy atom. The highest BCUT2D eigenvalue weighted by molar-refractivity contribution is 5.73. The smallest absolute Gasteiger partial charge is 0.320 e. The summed E-state index contributed by atoms with van der Waals surface area (Å²) in [6.45, 7) is 2.79. The molecule has 0 saturated heterocycles. The fraction of sp³-hybridized carbons (Fsp3) is 0.818. The first-order valence-electron chi connectivity index (χ1n) is 5.86. The average Bonchev–Trinajstić information content (AvgIpc) is 2.43. The highest BCUT2D eigenvalue weighted by Crippen LogP contribution is 2.02. The van der Waals surface area contributed by atoms with Gasteiger partial charge in [-0.1, -0.05) is 13.8 Å². The van der Waals surface area contributed by atoms with Crippen molar-refractivity contribution in [1.82, 2.24) is 0 Å². The van der Waals surface area contributed by atoms with Crippen molar-refractivity contribution in [2.45, 2.75) is 44.3 Å². The zero-order valence-corrected chi connectivity index (χ0v) is 11.3. The van der Waals surface area contributed by atoms with Crippen molar-refractivity contribution < 1.29 is 40.2 Å². The Kier molecular flexibility index (Phi) is 11.3. The fourth-order valence-electron chi connectivity index (χ4n) is 0.903. The van der Waals surface area contributed by atoms with Crippen LogP contribution in [-0.2, 0) is 9.59 Å². The van der Waals surface area contributed by atoms with E-state index >= 15 is 0 Å². The first kappa shape index (κ1) is 21.2. The summed E-state index contributed by atoms with van der Waals surface area (Å²) in [5.41, 5.74) is 5.16. The summed E-state index contributed by atoms with van der Waals surface area (Å²) < 4.78 is 0. The molecule has 0 saturated carbocycles. The molecule has 0 aliphatic carbocycles. The molecular weight excluding hydrogens is 274 g/mol. The minimum absolute atomic E-state index is 0.0208. The summed E-state index contributed by atoms with van der Waals surface area (Å²) in [7, 11) is 0. The van der Waals surface area contributed by atoms with E-state index in [4.69, 9.17) is 36.4 Å². The molecule has 120 valence electrons. The number of aldehydes is 1. The van der Waals surface area contributed by atoms with E-state index in [0.717, 1.165) is 0 Å². The number of aliphatic carboxylic acids is 1. The quantitative estimate of drug-likeness (QED) is 0.236. The molecule has 0 spiro atoms. The number of carboxylic acids is 1. The van der Waals surface area contributed by atoms with Crippen LogP contribution in [0.25, 0.3) is 0 Å². The van der Waals surface area contributed by atoms with Gasteiger partial charge in [-0.25, -0.2) is 0 Å². The van der Waals surface area contributed by atoms with Crippen molar-refractivity contribution >= 4 is 12.3 Å². The van der Waals surface area contributed by atoms with Crippen molar-refractivity contribution in [1.29, 1.82) is 0 Å². The predicted octanol–water partition coefficient (Wildman–Crippen LogP) is -3.32. The number of aliphatic hydroxyl groups is 5. The van der Waals surface area contributed by atoms with E-state index < -0.39 is 43.0 Å². The van der Waals surface area contributed by atoms with E-state index in [-0.39, 0.29) is 12.2 Å². The monoisotopic (exact) mass is 297 g/mol.